The molecule has 0 saturated carbocycles. The number of thioether (sulfide) groups is 1. The van der Waals surface area contributed by atoms with E-state index >= 15 is 0 Å². The molecule has 0 aliphatic carbocycles. The quantitative estimate of drug-likeness (QED) is 0.564. The molecule has 7 nitrogen and oxygen atoms in total. The van der Waals surface area contributed by atoms with Gasteiger partial charge in [-0.05, 0) is 37.5 Å². The van der Waals surface area contributed by atoms with Gasteiger partial charge in [-0.15, -0.1) is 10.2 Å². The van der Waals surface area contributed by atoms with E-state index in [1.54, 1.807) is 6.92 Å². The summed E-state index contributed by atoms with van der Waals surface area (Å²) >= 11 is 2.61. The van der Waals surface area contributed by atoms with Crippen LogP contribution in [0, 0.1) is 0 Å². The van der Waals surface area contributed by atoms with E-state index in [0.29, 0.717) is 16.0 Å². The molecule has 1 aromatic heterocycles. The van der Waals surface area contributed by atoms with Crippen LogP contribution in [0.1, 0.15) is 32.3 Å². The Hall–Kier alpha value is -2.13. The standard InChI is InChI=1S/C17H23N5O2S2/c1-3-5-6-12-7-9-13(10-8-12)19-16-21-22-17(26-16)25-11-14(23)20-15(24)18-4-2/h7-10H,3-6,11H2,1-2H3,(H,19,21)(H2,18,20,23,24). The first-order valence-electron chi connectivity index (χ1n) is 8.50. The van der Waals surface area contributed by atoms with E-state index in [1.165, 1.54) is 41.5 Å². The van der Waals surface area contributed by atoms with Crippen LogP contribution in [0.25, 0.3) is 0 Å². The van der Waals surface area contributed by atoms with Crippen molar-refractivity contribution in [3.8, 4) is 0 Å². The molecular formula is C17H23N5O2S2. The highest BCUT2D eigenvalue weighted by Crippen LogP contribution is 2.27. The normalized spacial score (nSPS) is 10.4. The van der Waals surface area contributed by atoms with Gasteiger partial charge in [-0.3, -0.25) is 10.1 Å². The Labute approximate surface area is 161 Å². The Bertz CT molecular complexity index is 718. The molecule has 0 unspecified atom stereocenters. The van der Waals surface area contributed by atoms with Gasteiger partial charge in [0.1, 0.15) is 0 Å². The van der Waals surface area contributed by atoms with E-state index in [4.69, 9.17) is 0 Å². The van der Waals surface area contributed by atoms with Gasteiger partial charge in [0.2, 0.25) is 11.0 Å². The number of aryl methyl sites for hydroxylation is 1. The van der Waals surface area contributed by atoms with Gasteiger partial charge in [0.25, 0.3) is 0 Å². The minimum atomic E-state index is -0.486. The Morgan fingerprint density at radius 3 is 2.62 bits per heavy atom. The fraction of sp³-hybridized carbons (Fsp3) is 0.412. The van der Waals surface area contributed by atoms with Crippen molar-refractivity contribution in [2.45, 2.75) is 37.4 Å². The highest BCUT2D eigenvalue weighted by Gasteiger charge is 2.10. The van der Waals surface area contributed by atoms with Gasteiger partial charge in [-0.1, -0.05) is 48.6 Å². The third-order valence-corrected chi connectivity index (χ3v) is 5.32. The third-order valence-electron chi connectivity index (χ3n) is 3.35. The van der Waals surface area contributed by atoms with Crippen LogP contribution >= 0.6 is 23.1 Å². The number of benzene rings is 1. The van der Waals surface area contributed by atoms with E-state index in [-0.39, 0.29) is 11.7 Å². The maximum absolute atomic E-state index is 11.7. The number of unbranched alkanes of at least 4 members (excludes halogenated alkanes) is 1. The summed E-state index contributed by atoms with van der Waals surface area (Å²) < 4.78 is 0.665. The number of nitrogens with one attached hydrogen (secondary N) is 3. The summed E-state index contributed by atoms with van der Waals surface area (Å²) in [6, 6.07) is 7.79. The van der Waals surface area contributed by atoms with Crippen molar-refractivity contribution < 1.29 is 9.59 Å². The molecular weight excluding hydrogens is 370 g/mol. The van der Waals surface area contributed by atoms with Gasteiger partial charge in [0, 0.05) is 12.2 Å². The van der Waals surface area contributed by atoms with Crippen molar-refractivity contribution in [1.82, 2.24) is 20.8 Å². The summed E-state index contributed by atoms with van der Waals surface area (Å²) in [5.74, 6) is -0.258. The van der Waals surface area contributed by atoms with Crippen LogP contribution in [0.3, 0.4) is 0 Å². The molecule has 0 atom stereocenters. The van der Waals surface area contributed by atoms with Crippen molar-refractivity contribution in [3.63, 3.8) is 0 Å². The Morgan fingerprint density at radius 2 is 1.92 bits per heavy atom. The van der Waals surface area contributed by atoms with Crippen molar-refractivity contribution >= 4 is 45.9 Å². The van der Waals surface area contributed by atoms with Crippen molar-refractivity contribution in [2.75, 3.05) is 17.6 Å². The smallest absolute Gasteiger partial charge is 0.321 e. The number of carbonyl (C=O) groups is 2. The van der Waals surface area contributed by atoms with Crippen LogP contribution in [0.2, 0.25) is 0 Å². The first-order chi connectivity index (χ1) is 12.6. The molecule has 0 aliphatic rings. The van der Waals surface area contributed by atoms with E-state index in [9.17, 15) is 9.59 Å². The molecule has 2 aromatic rings. The number of carbonyl (C=O) groups excluding carboxylic acids is 2. The SMILES string of the molecule is CCCCc1ccc(Nc2nnc(SCC(=O)NC(=O)NCC)s2)cc1. The number of imide groups is 1. The van der Waals surface area contributed by atoms with Gasteiger partial charge < -0.3 is 10.6 Å². The number of anilines is 2. The fourth-order valence-electron chi connectivity index (χ4n) is 2.07. The number of nitrogens with zero attached hydrogens (tertiary/aromatic N) is 2. The second-order valence-corrected chi connectivity index (χ2v) is 7.69. The van der Waals surface area contributed by atoms with E-state index in [2.05, 4.69) is 45.2 Å². The second-order valence-electron chi connectivity index (χ2n) is 5.49. The fourth-order valence-corrected chi connectivity index (χ4v) is 3.64. The lowest BCUT2D eigenvalue weighted by atomic mass is 10.1. The molecule has 9 heteroatoms. The lowest BCUT2D eigenvalue weighted by Gasteiger charge is -2.04. The number of hydrogen-bond acceptors (Lipinski definition) is 7. The van der Waals surface area contributed by atoms with Gasteiger partial charge in [0.15, 0.2) is 4.34 Å². The summed E-state index contributed by atoms with van der Waals surface area (Å²) in [5.41, 5.74) is 2.27. The van der Waals surface area contributed by atoms with Gasteiger partial charge >= 0.3 is 6.03 Å². The molecule has 0 spiro atoms. The lowest BCUT2D eigenvalue weighted by molar-refractivity contribution is -0.117. The number of rotatable bonds is 9. The maximum Gasteiger partial charge on any atom is 0.321 e. The predicted octanol–water partition coefficient (Wildman–Crippen LogP) is 3.56. The molecule has 0 aliphatic heterocycles. The Kier molecular flexibility index (Phi) is 8.36. The van der Waals surface area contributed by atoms with E-state index in [0.717, 1.165) is 12.1 Å². The zero-order valence-electron chi connectivity index (χ0n) is 14.9. The summed E-state index contributed by atoms with van der Waals surface area (Å²) in [6.45, 7) is 4.44. The molecule has 0 bridgehead atoms. The Balaban J connectivity index is 1.80. The average molecular weight is 394 g/mol. The van der Waals surface area contributed by atoms with Gasteiger partial charge in [-0.25, -0.2) is 4.79 Å². The van der Waals surface area contributed by atoms with Crippen molar-refractivity contribution in [1.29, 1.82) is 0 Å². The number of urea groups is 1. The zero-order chi connectivity index (χ0) is 18.8. The highest BCUT2D eigenvalue weighted by molar-refractivity contribution is 8.01. The van der Waals surface area contributed by atoms with Crippen LogP contribution in [0.15, 0.2) is 28.6 Å². The molecule has 2 rings (SSSR count). The number of hydrogen-bond donors (Lipinski definition) is 3. The van der Waals surface area contributed by atoms with E-state index < -0.39 is 6.03 Å². The Morgan fingerprint density at radius 1 is 1.15 bits per heavy atom. The molecule has 0 radical (unpaired) electrons. The third kappa shape index (κ3) is 7.01. The maximum atomic E-state index is 11.7. The van der Waals surface area contributed by atoms with Crippen LogP contribution < -0.4 is 16.0 Å². The van der Waals surface area contributed by atoms with Crippen molar-refractivity contribution in [2.24, 2.45) is 0 Å². The summed E-state index contributed by atoms with van der Waals surface area (Å²) in [4.78, 5) is 22.9. The minimum Gasteiger partial charge on any atom is -0.338 e. The zero-order valence-corrected chi connectivity index (χ0v) is 16.5. The molecule has 140 valence electrons. The van der Waals surface area contributed by atoms with Crippen LogP contribution in [-0.4, -0.2) is 34.4 Å². The van der Waals surface area contributed by atoms with Gasteiger partial charge in [0.05, 0.1) is 5.75 Å². The first kappa shape index (κ1) is 20.2. The van der Waals surface area contributed by atoms with Crippen molar-refractivity contribution in [3.05, 3.63) is 29.8 Å². The monoisotopic (exact) mass is 393 g/mol. The van der Waals surface area contributed by atoms with E-state index in [1.807, 2.05) is 12.1 Å². The van der Waals surface area contributed by atoms with Crippen LogP contribution in [0.4, 0.5) is 15.6 Å². The summed E-state index contributed by atoms with van der Waals surface area (Å²) in [7, 11) is 0. The highest BCUT2D eigenvalue weighted by atomic mass is 32.2. The first-order valence-corrected chi connectivity index (χ1v) is 10.3. The topological polar surface area (TPSA) is 96.0 Å². The molecule has 0 saturated heterocycles. The number of amides is 3. The minimum absolute atomic E-state index is 0.109. The predicted molar refractivity (Wildman–Crippen MR) is 106 cm³/mol. The molecule has 1 heterocycles. The summed E-state index contributed by atoms with van der Waals surface area (Å²) in [6.07, 6.45) is 3.47. The molecule has 0 fully saturated rings. The van der Waals surface area contributed by atoms with Gasteiger partial charge in [-0.2, -0.15) is 0 Å². The summed E-state index contributed by atoms with van der Waals surface area (Å²) in [5, 5.41) is 16.8. The largest absolute Gasteiger partial charge is 0.338 e. The number of aromatic nitrogens is 2. The molecule has 1 aromatic carbocycles. The molecule has 3 amide bonds. The molecule has 26 heavy (non-hydrogen) atoms. The second kappa shape index (κ2) is 10.8. The molecule has 3 N–H and O–H groups in total. The lowest BCUT2D eigenvalue weighted by Crippen LogP contribution is -2.40. The van der Waals surface area contributed by atoms with Crippen LogP contribution in [0.5, 0.6) is 0 Å². The average Bonchev–Trinajstić information content (AvgIpc) is 3.07. The van der Waals surface area contributed by atoms with Crippen LogP contribution in [-0.2, 0) is 11.2 Å².